The second-order valence-corrected chi connectivity index (χ2v) is 5.83. The molecular weight excluding hydrogens is 256 g/mol. The summed E-state index contributed by atoms with van der Waals surface area (Å²) >= 11 is 0. The molecule has 6 nitrogen and oxygen atoms in total. The summed E-state index contributed by atoms with van der Waals surface area (Å²) in [4.78, 5) is 18.2. The fourth-order valence-electron chi connectivity index (χ4n) is 3.20. The van der Waals surface area contributed by atoms with Gasteiger partial charge in [-0.1, -0.05) is 13.3 Å². The maximum Gasteiger partial charge on any atom is 0.324 e. The molecule has 112 valence electrons. The monoisotopic (exact) mass is 280 g/mol. The molecule has 1 atom stereocenters. The lowest BCUT2D eigenvalue weighted by Gasteiger charge is -2.34. The minimum atomic E-state index is -0.720. The Balaban J connectivity index is 2.22. The number of hydrogen-bond acceptors (Lipinski definition) is 4. The molecule has 6 heteroatoms. The summed E-state index contributed by atoms with van der Waals surface area (Å²) in [6, 6.07) is 0.237. The first kappa shape index (κ1) is 15.0. The number of carboxylic acid groups (broad SMARTS) is 1. The van der Waals surface area contributed by atoms with Crippen molar-refractivity contribution in [2.24, 2.45) is 0 Å². The SMILES string of the molecule is CCCC1(C(=O)O)CCCN1Cc1ncnn1C(C)C. The molecule has 1 N–H and O–H groups in total. The van der Waals surface area contributed by atoms with Gasteiger partial charge in [0, 0.05) is 6.04 Å². The molecule has 20 heavy (non-hydrogen) atoms. The lowest BCUT2D eigenvalue weighted by Crippen LogP contribution is -2.50. The van der Waals surface area contributed by atoms with Gasteiger partial charge in [0.2, 0.25) is 0 Å². The fraction of sp³-hybridized carbons (Fsp3) is 0.786. The van der Waals surface area contributed by atoms with Crippen LogP contribution in [0.2, 0.25) is 0 Å². The zero-order valence-electron chi connectivity index (χ0n) is 12.5. The Hall–Kier alpha value is -1.43. The van der Waals surface area contributed by atoms with Crippen LogP contribution in [0.1, 0.15) is 58.3 Å². The van der Waals surface area contributed by atoms with Crippen molar-refractivity contribution in [3.05, 3.63) is 12.2 Å². The van der Waals surface area contributed by atoms with Crippen LogP contribution in [0.3, 0.4) is 0 Å². The zero-order valence-corrected chi connectivity index (χ0v) is 12.5. The minimum absolute atomic E-state index is 0.237. The summed E-state index contributed by atoms with van der Waals surface area (Å²) in [5.74, 6) is 0.149. The molecule has 1 aromatic heterocycles. The number of likely N-dealkylation sites (tertiary alicyclic amines) is 1. The molecule has 0 amide bonds. The van der Waals surface area contributed by atoms with Crippen LogP contribution in [-0.2, 0) is 11.3 Å². The maximum atomic E-state index is 11.8. The number of rotatable bonds is 6. The summed E-state index contributed by atoms with van der Waals surface area (Å²) in [5.41, 5.74) is -0.720. The predicted octanol–water partition coefficient (Wildman–Crippen LogP) is 2.08. The van der Waals surface area contributed by atoms with Gasteiger partial charge in [0.05, 0.1) is 6.54 Å². The van der Waals surface area contributed by atoms with Crippen LogP contribution >= 0.6 is 0 Å². The van der Waals surface area contributed by atoms with E-state index in [0.29, 0.717) is 13.0 Å². The molecule has 0 aliphatic carbocycles. The molecule has 1 fully saturated rings. The average Bonchev–Trinajstić information content (AvgIpc) is 2.98. The van der Waals surface area contributed by atoms with Crippen molar-refractivity contribution in [3.63, 3.8) is 0 Å². The maximum absolute atomic E-state index is 11.8. The summed E-state index contributed by atoms with van der Waals surface area (Å²) in [5, 5.41) is 13.9. The quantitative estimate of drug-likeness (QED) is 0.863. The lowest BCUT2D eigenvalue weighted by atomic mass is 9.90. The van der Waals surface area contributed by atoms with Crippen LogP contribution < -0.4 is 0 Å². The van der Waals surface area contributed by atoms with Gasteiger partial charge < -0.3 is 5.11 Å². The van der Waals surface area contributed by atoms with E-state index in [0.717, 1.165) is 31.6 Å². The number of nitrogens with zero attached hydrogens (tertiary/aromatic N) is 4. The third-order valence-electron chi connectivity index (χ3n) is 4.15. The third-order valence-corrected chi connectivity index (χ3v) is 4.15. The van der Waals surface area contributed by atoms with Crippen molar-refractivity contribution < 1.29 is 9.90 Å². The van der Waals surface area contributed by atoms with Gasteiger partial charge in [0.1, 0.15) is 17.7 Å². The summed E-state index contributed by atoms with van der Waals surface area (Å²) in [7, 11) is 0. The van der Waals surface area contributed by atoms with Gasteiger partial charge >= 0.3 is 5.97 Å². The molecule has 2 rings (SSSR count). The summed E-state index contributed by atoms with van der Waals surface area (Å²) < 4.78 is 1.87. The van der Waals surface area contributed by atoms with E-state index in [1.807, 2.05) is 11.6 Å². The van der Waals surface area contributed by atoms with Crippen molar-refractivity contribution in [2.45, 2.75) is 64.6 Å². The Morgan fingerprint density at radius 1 is 1.55 bits per heavy atom. The molecule has 0 saturated carbocycles. The van der Waals surface area contributed by atoms with Gasteiger partial charge in [-0.3, -0.25) is 9.69 Å². The zero-order chi connectivity index (χ0) is 14.8. The Morgan fingerprint density at radius 3 is 2.90 bits per heavy atom. The standard InChI is InChI=1S/C14H24N4O2/c1-4-6-14(13(19)20)7-5-8-17(14)9-12-15-10-16-18(12)11(2)3/h10-11H,4-9H2,1-3H3,(H,19,20). The second kappa shape index (κ2) is 5.91. The lowest BCUT2D eigenvalue weighted by molar-refractivity contribution is -0.150. The molecule has 0 aromatic carbocycles. The van der Waals surface area contributed by atoms with Crippen molar-refractivity contribution in [1.82, 2.24) is 19.7 Å². The van der Waals surface area contributed by atoms with Crippen LogP contribution in [0.15, 0.2) is 6.33 Å². The highest BCUT2D eigenvalue weighted by Gasteiger charge is 2.47. The predicted molar refractivity (Wildman–Crippen MR) is 75.3 cm³/mol. The van der Waals surface area contributed by atoms with Crippen LogP contribution in [0.25, 0.3) is 0 Å². The molecule has 1 aromatic rings. The first-order valence-electron chi connectivity index (χ1n) is 7.38. The largest absolute Gasteiger partial charge is 0.480 e. The molecule has 0 spiro atoms. The van der Waals surface area contributed by atoms with E-state index in [1.54, 1.807) is 6.33 Å². The highest BCUT2D eigenvalue weighted by Crippen LogP contribution is 2.35. The van der Waals surface area contributed by atoms with E-state index >= 15 is 0 Å². The van der Waals surface area contributed by atoms with E-state index in [1.165, 1.54) is 0 Å². The van der Waals surface area contributed by atoms with Crippen molar-refractivity contribution in [3.8, 4) is 0 Å². The van der Waals surface area contributed by atoms with Gasteiger partial charge in [-0.25, -0.2) is 9.67 Å². The molecule has 1 saturated heterocycles. The van der Waals surface area contributed by atoms with Gasteiger partial charge in [-0.05, 0) is 39.7 Å². The van der Waals surface area contributed by atoms with Crippen LogP contribution in [0, 0.1) is 0 Å². The Kier molecular flexibility index (Phi) is 4.42. The van der Waals surface area contributed by atoms with Gasteiger partial charge in [-0.2, -0.15) is 5.10 Å². The van der Waals surface area contributed by atoms with Gasteiger partial charge in [-0.15, -0.1) is 0 Å². The van der Waals surface area contributed by atoms with Crippen molar-refractivity contribution >= 4 is 5.97 Å². The normalized spacial score (nSPS) is 23.6. The van der Waals surface area contributed by atoms with E-state index in [9.17, 15) is 9.90 Å². The van der Waals surface area contributed by atoms with E-state index in [-0.39, 0.29) is 6.04 Å². The molecule has 1 aliphatic heterocycles. The minimum Gasteiger partial charge on any atom is -0.480 e. The Labute approximate surface area is 119 Å². The highest BCUT2D eigenvalue weighted by atomic mass is 16.4. The number of aromatic nitrogens is 3. The number of aliphatic carboxylic acids is 1. The highest BCUT2D eigenvalue weighted by molar-refractivity contribution is 5.79. The molecule has 0 bridgehead atoms. The van der Waals surface area contributed by atoms with Crippen molar-refractivity contribution in [1.29, 1.82) is 0 Å². The Morgan fingerprint density at radius 2 is 2.30 bits per heavy atom. The first-order valence-corrected chi connectivity index (χ1v) is 7.38. The fourth-order valence-corrected chi connectivity index (χ4v) is 3.20. The third kappa shape index (κ3) is 2.57. The van der Waals surface area contributed by atoms with Crippen LogP contribution in [0.5, 0.6) is 0 Å². The summed E-state index contributed by atoms with van der Waals surface area (Å²) in [6.07, 6.45) is 4.78. The summed E-state index contributed by atoms with van der Waals surface area (Å²) in [6.45, 7) is 7.52. The van der Waals surface area contributed by atoms with Gasteiger partial charge in [0.25, 0.3) is 0 Å². The average molecular weight is 280 g/mol. The van der Waals surface area contributed by atoms with E-state index in [4.69, 9.17) is 0 Å². The molecule has 1 aliphatic rings. The van der Waals surface area contributed by atoms with Crippen LogP contribution in [0.4, 0.5) is 0 Å². The number of hydrogen-bond donors (Lipinski definition) is 1. The van der Waals surface area contributed by atoms with Crippen molar-refractivity contribution in [2.75, 3.05) is 6.54 Å². The topological polar surface area (TPSA) is 71.2 Å². The molecular formula is C14H24N4O2. The molecule has 1 unspecified atom stereocenters. The second-order valence-electron chi connectivity index (χ2n) is 5.83. The van der Waals surface area contributed by atoms with Gasteiger partial charge in [0.15, 0.2) is 0 Å². The first-order chi connectivity index (χ1) is 9.51. The molecule has 0 radical (unpaired) electrons. The van der Waals surface area contributed by atoms with E-state index < -0.39 is 11.5 Å². The number of carboxylic acids is 1. The smallest absolute Gasteiger partial charge is 0.324 e. The van der Waals surface area contributed by atoms with E-state index in [2.05, 4.69) is 28.8 Å². The Bertz CT molecular complexity index is 471. The number of carbonyl (C=O) groups is 1. The molecule has 2 heterocycles. The van der Waals surface area contributed by atoms with Crippen LogP contribution in [-0.4, -0.2) is 42.8 Å².